The Balaban J connectivity index is 2.95. The molecule has 0 fully saturated rings. The summed E-state index contributed by atoms with van der Waals surface area (Å²) in [6.07, 6.45) is 11.2. The predicted octanol–water partition coefficient (Wildman–Crippen LogP) is 2.56. The Hall–Kier alpha value is -1.57. The molecule has 1 N–H and O–H groups in total. The summed E-state index contributed by atoms with van der Waals surface area (Å²) in [4.78, 5) is 7.16. The van der Waals surface area contributed by atoms with Crippen LogP contribution in [0.2, 0.25) is 0 Å². The van der Waals surface area contributed by atoms with E-state index in [4.69, 9.17) is 0 Å². The van der Waals surface area contributed by atoms with Crippen LogP contribution in [0.1, 0.15) is 12.7 Å². The third-order valence-corrected chi connectivity index (χ3v) is 1.42. The third-order valence-electron chi connectivity index (χ3n) is 1.42. The van der Waals surface area contributed by atoms with E-state index in [2.05, 4.69) is 16.5 Å². The molecule has 12 heavy (non-hydrogen) atoms. The number of H-pyrrole nitrogens is 1. The molecule has 0 spiro atoms. The van der Waals surface area contributed by atoms with Crippen LogP contribution in [0.3, 0.4) is 0 Å². The summed E-state index contributed by atoms with van der Waals surface area (Å²) in [5.41, 5.74) is 1.04. The number of hydrogen-bond acceptors (Lipinski definition) is 1. The molecule has 0 atom stereocenters. The summed E-state index contributed by atoms with van der Waals surface area (Å²) in [6.45, 7) is 5.61. The topological polar surface area (TPSA) is 28.7 Å². The van der Waals surface area contributed by atoms with Crippen LogP contribution in [0.25, 0.3) is 5.57 Å². The van der Waals surface area contributed by atoms with Crippen LogP contribution in [0.5, 0.6) is 0 Å². The molecule has 62 valence electrons. The van der Waals surface area contributed by atoms with Gasteiger partial charge in [-0.2, -0.15) is 0 Å². The van der Waals surface area contributed by atoms with Gasteiger partial charge in [0.05, 0.1) is 0 Å². The number of nitrogens with zero attached hydrogens (tertiary/aromatic N) is 1. The lowest BCUT2D eigenvalue weighted by Gasteiger charge is -1.94. The highest BCUT2D eigenvalue weighted by molar-refractivity contribution is 5.70. The summed E-state index contributed by atoms with van der Waals surface area (Å²) in [5, 5.41) is 0. The van der Waals surface area contributed by atoms with Crippen molar-refractivity contribution in [3.05, 3.63) is 49.1 Å². The lowest BCUT2D eigenvalue weighted by Crippen LogP contribution is -1.82. The molecule has 0 unspecified atom stereocenters. The van der Waals surface area contributed by atoms with E-state index >= 15 is 0 Å². The molecule has 0 saturated heterocycles. The zero-order valence-corrected chi connectivity index (χ0v) is 7.12. The van der Waals surface area contributed by atoms with E-state index in [1.165, 1.54) is 0 Å². The molecular weight excluding hydrogens is 148 g/mol. The molecule has 0 radical (unpaired) electrons. The zero-order chi connectivity index (χ0) is 8.81. The minimum absolute atomic E-state index is 0.869. The molecule has 0 aromatic carbocycles. The molecule has 0 aliphatic rings. The normalized spacial score (nSPS) is 12.2. The highest BCUT2D eigenvalue weighted by Crippen LogP contribution is 2.10. The zero-order valence-electron chi connectivity index (χ0n) is 7.12. The molecule has 2 heteroatoms. The van der Waals surface area contributed by atoms with Crippen molar-refractivity contribution in [1.82, 2.24) is 9.97 Å². The lowest BCUT2D eigenvalue weighted by molar-refractivity contribution is 1.24. The minimum atomic E-state index is 0.869. The van der Waals surface area contributed by atoms with Gasteiger partial charge >= 0.3 is 0 Å². The SMILES string of the molecule is C=C/C=C(\C=C/C)c1ncc[nH]1. The third kappa shape index (κ3) is 1.95. The number of nitrogens with one attached hydrogen (secondary N) is 1. The van der Waals surface area contributed by atoms with Crippen molar-refractivity contribution < 1.29 is 0 Å². The van der Waals surface area contributed by atoms with Crippen molar-refractivity contribution >= 4 is 5.57 Å². The first-order chi connectivity index (χ1) is 5.88. The summed E-state index contributed by atoms with van der Waals surface area (Å²) >= 11 is 0. The Bertz CT molecular complexity index is 292. The largest absolute Gasteiger partial charge is 0.345 e. The first kappa shape index (κ1) is 8.53. The minimum Gasteiger partial charge on any atom is -0.345 e. The van der Waals surface area contributed by atoms with Crippen LogP contribution < -0.4 is 0 Å². The highest BCUT2D eigenvalue weighted by atomic mass is 14.9. The molecule has 0 amide bonds. The van der Waals surface area contributed by atoms with Crippen LogP contribution in [0.15, 0.2) is 43.3 Å². The Morgan fingerprint density at radius 3 is 3.00 bits per heavy atom. The number of hydrogen-bond donors (Lipinski definition) is 1. The van der Waals surface area contributed by atoms with E-state index in [-0.39, 0.29) is 0 Å². The van der Waals surface area contributed by atoms with Crippen LogP contribution in [-0.2, 0) is 0 Å². The molecule has 1 rings (SSSR count). The number of rotatable bonds is 3. The maximum atomic E-state index is 4.13. The monoisotopic (exact) mass is 160 g/mol. The molecule has 0 aliphatic heterocycles. The quantitative estimate of drug-likeness (QED) is 0.676. The molecule has 0 saturated carbocycles. The van der Waals surface area contributed by atoms with Gasteiger partial charge in [-0.25, -0.2) is 4.98 Å². The van der Waals surface area contributed by atoms with Crippen molar-refractivity contribution in [1.29, 1.82) is 0 Å². The fraction of sp³-hybridized carbons (Fsp3) is 0.100. The second-order valence-corrected chi connectivity index (χ2v) is 2.30. The molecule has 0 bridgehead atoms. The smallest absolute Gasteiger partial charge is 0.137 e. The van der Waals surface area contributed by atoms with Gasteiger partial charge in [-0.05, 0) is 6.92 Å². The molecular formula is C10H12N2. The van der Waals surface area contributed by atoms with Crippen LogP contribution >= 0.6 is 0 Å². The fourth-order valence-corrected chi connectivity index (χ4v) is 0.943. The lowest BCUT2D eigenvalue weighted by atomic mass is 10.2. The van der Waals surface area contributed by atoms with Crippen LogP contribution in [-0.4, -0.2) is 9.97 Å². The van der Waals surface area contributed by atoms with Crippen LogP contribution in [0.4, 0.5) is 0 Å². The highest BCUT2D eigenvalue weighted by Gasteiger charge is 1.96. The Morgan fingerprint density at radius 2 is 2.50 bits per heavy atom. The van der Waals surface area contributed by atoms with Gasteiger partial charge in [0, 0.05) is 18.0 Å². The van der Waals surface area contributed by atoms with Gasteiger partial charge in [0.2, 0.25) is 0 Å². The maximum Gasteiger partial charge on any atom is 0.137 e. The summed E-state index contributed by atoms with van der Waals surface area (Å²) in [6, 6.07) is 0. The van der Waals surface area contributed by atoms with Crippen molar-refractivity contribution in [2.24, 2.45) is 0 Å². The Morgan fingerprint density at radius 1 is 1.67 bits per heavy atom. The first-order valence-electron chi connectivity index (χ1n) is 3.83. The van der Waals surface area contributed by atoms with Gasteiger partial charge in [-0.1, -0.05) is 30.9 Å². The van der Waals surface area contributed by atoms with Gasteiger partial charge in [-0.15, -0.1) is 0 Å². The molecule has 1 aromatic rings. The van der Waals surface area contributed by atoms with Crippen molar-refractivity contribution in [3.63, 3.8) is 0 Å². The van der Waals surface area contributed by atoms with Crippen molar-refractivity contribution in [3.8, 4) is 0 Å². The van der Waals surface area contributed by atoms with E-state index in [1.54, 1.807) is 18.5 Å². The molecule has 0 aliphatic carbocycles. The number of aromatic amines is 1. The number of aromatic nitrogens is 2. The standard InChI is InChI=1S/C10H12N2/c1-3-5-9(6-4-2)10-11-7-8-12-10/h3-8H,1H2,2H3,(H,11,12)/b6-4-,9-5+. The van der Waals surface area contributed by atoms with Gasteiger partial charge in [0.15, 0.2) is 0 Å². The average Bonchev–Trinajstić information content (AvgIpc) is 2.56. The number of allylic oxidation sites excluding steroid dienone is 5. The van der Waals surface area contributed by atoms with Crippen molar-refractivity contribution in [2.45, 2.75) is 6.92 Å². The Labute approximate surface area is 72.3 Å². The van der Waals surface area contributed by atoms with E-state index in [1.807, 2.05) is 25.2 Å². The van der Waals surface area contributed by atoms with E-state index in [0.717, 1.165) is 11.4 Å². The second kappa shape index (κ2) is 4.34. The fourth-order valence-electron chi connectivity index (χ4n) is 0.943. The number of imidazole rings is 1. The molecule has 1 heterocycles. The molecule has 2 nitrogen and oxygen atoms in total. The van der Waals surface area contributed by atoms with Gasteiger partial charge in [0.25, 0.3) is 0 Å². The van der Waals surface area contributed by atoms with Gasteiger partial charge in [-0.3, -0.25) is 0 Å². The Kier molecular flexibility index (Phi) is 3.08. The average molecular weight is 160 g/mol. The van der Waals surface area contributed by atoms with E-state index in [9.17, 15) is 0 Å². The summed E-state index contributed by atoms with van der Waals surface area (Å²) in [5.74, 6) is 0.869. The summed E-state index contributed by atoms with van der Waals surface area (Å²) in [7, 11) is 0. The van der Waals surface area contributed by atoms with Gasteiger partial charge < -0.3 is 4.98 Å². The predicted molar refractivity (Wildman–Crippen MR) is 51.6 cm³/mol. The molecule has 1 aromatic heterocycles. The first-order valence-corrected chi connectivity index (χ1v) is 3.83. The van der Waals surface area contributed by atoms with Crippen LogP contribution in [0, 0.1) is 0 Å². The maximum absolute atomic E-state index is 4.13. The van der Waals surface area contributed by atoms with Crippen molar-refractivity contribution in [2.75, 3.05) is 0 Å². The summed E-state index contributed by atoms with van der Waals surface area (Å²) < 4.78 is 0. The van der Waals surface area contributed by atoms with E-state index < -0.39 is 0 Å². The second-order valence-electron chi connectivity index (χ2n) is 2.30. The van der Waals surface area contributed by atoms with E-state index in [0.29, 0.717) is 0 Å². The van der Waals surface area contributed by atoms with Gasteiger partial charge in [0.1, 0.15) is 5.82 Å².